The molecule has 16 heavy (non-hydrogen) atoms. The Morgan fingerprint density at radius 2 is 1.50 bits per heavy atom. The van der Waals surface area contributed by atoms with Crippen LogP contribution < -0.4 is 0 Å². The van der Waals surface area contributed by atoms with Gasteiger partial charge in [-0.15, -0.1) is 0 Å². The van der Waals surface area contributed by atoms with Crippen LogP contribution in [-0.2, 0) is 13.9 Å². The van der Waals surface area contributed by atoms with Gasteiger partial charge in [0.15, 0.2) is 8.32 Å². The minimum absolute atomic E-state index is 0.571. The van der Waals surface area contributed by atoms with Crippen LogP contribution in [0.25, 0.3) is 0 Å². The van der Waals surface area contributed by atoms with Crippen LogP contribution in [-0.4, -0.2) is 34.7 Å². The zero-order valence-corrected chi connectivity index (χ0v) is 12.0. The molecule has 0 aliphatic rings. The second kappa shape index (κ2) is 9.87. The molecule has 0 saturated heterocycles. The number of hydrogen-bond acceptors (Lipinski definition) is 3. The average Bonchev–Trinajstić information content (AvgIpc) is 2.34. The Morgan fingerprint density at radius 1 is 0.938 bits per heavy atom. The number of rotatable bonds is 11. The normalized spacial score (nSPS) is 11.4. The molecule has 0 N–H and O–H groups in total. The zero-order valence-electron chi connectivity index (χ0n) is 11.0. The van der Waals surface area contributed by atoms with Crippen molar-refractivity contribution in [2.24, 2.45) is 0 Å². The molecule has 0 bridgehead atoms. The van der Waals surface area contributed by atoms with E-state index in [0.717, 1.165) is 6.61 Å². The van der Waals surface area contributed by atoms with E-state index < -0.39 is 8.32 Å². The fourth-order valence-corrected chi connectivity index (χ4v) is 4.29. The van der Waals surface area contributed by atoms with Gasteiger partial charge in [-0.25, -0.2) is 0 Å². The molecule has 4 heteroatoms. The van der Waals surface area contributed by atoms with Crippen molar-refractivity contribution in [1.82, 2.24) is 0 Å². The molecular formula is C12H26O3Si. The molecule has 0 amide bonds. The Morgan fingerprint density at radius 3 is 2.00 bits per heavy atom. The molecule has 0 spiro atoms. The van der Waals surface area contributed by atoms with Crippen LogP contribution in [0.3, 0.4) is 0 Å². The van der Waals surface area contributed by atoms with Gasteiger partial charge in [-0.05, 0) is 18.1 Å². The Kier molecular flexibility index (Phi) is 9.67. The second-order valence-electron chi connectivity index (χ2n) is 3.74. The first-order chi connectivity index (χ1) is 7.74. The summed E-state index contributed by atoms with van der Waals surface area (Å²) in [6.45, 7) is 12.7. The van der Waals surface area contributed by atoms with Gasteiger partial charge in [0, 0.05) is 0 Å². The van der Waals surface area contributed by atoms with E-state index in [1.807, 2.05) is 0 Å². The van der Waals surface area contributed by atoms with Gasteiger partial charge in [0.25, 0.3) is 0 Å². The highest BCUT2D eigenvalue weighted by molar-refractivity contribution is 6.73. The van der Waals surface area contributed by atoms with Gasteiger partial charge >= 0.3 is 0 Å². The molecule has 0 atom stereocenters. The van der Waals surface area contributed by atoms with E-state index in [2.05, 4.69) is 27.4 Å². The SMILES string of the molecule is C=COCCOCCO[Si](CC)(CC)CC. The average molecular weight is 246 g/mol. The van der Waals surface area contributed by atoms with Gasteiger partial charge in [0.2, 0.25) is 0 Å². The van der Waals surface area contributed by atoms with Crippen LogP contribution in [0.1, 0.15) is 20.8 Å². The second-order valence-corrected chi connectivity index (χ2v) is 8.52. The zero-order chi connectivity index (χ0) is 12.3. The van der Waals surface area contributed by atoms with Gasteiger partial charge < -0.3 is 13.9 Å². The van der Waals surface area contributed by atoms with Gasteiger partial charge in [-0.3, -0.25) is 0 Å². The lowest BCUT2D eigenvalue weighted by Crippen LogP contribution is -2.36. The van der Waals surface area contributed by atoms with Crippen molar-refractivity contribution in [3.63, 3.8) is 0 Å². The van der Waals surface area contributed by atoms with Gasteiger partial charge in [0.05, 0.1) is 26.1 Å². The molecule has 0 rings (SSSR count). The van der Waals surface area contributed by atoms with Crippen LogP contribution in [0.5, 0.6) is 0 Å². The van der Waals surface area contributed by atoms with E-state index in [1.54, 1.807) is 0 Å². The molecule has 0 aromatic carbocycles. The molecule has 3 nitrogen and oxygen atoms in total. The minimum atomic E-state index is -1.42. The Hall–Kier alpha value is -0.323. The third kappa shape index (κ3) is 6.30. The fraction of sp³-hybridized carbons (Fsp3) is 0.833. The van der Waals surface area contributed by atoms with E-state index in [4.69, 9.17) is 13.9 Å². The monoisotopic (exact) mass is 246 g/mol. The van der Waals surface area contributed by atoms with Crippen LogP contribution in [0, 0.1) is 0 Å². The maximum Gasteiger partial charge on any atom is 0.192 e. The van der Waals surface area contributed by atoms with Crippen molar-refractivity contribution in [2.75, 3.05) is 26.4 Å². The lowest BCUT2D eigenvalue weighted by molar-refractivity contribution is 0.0631. The first kappa shape index (κ1) is 15.7. The first-order valence-electron chi connectivity index (χ1n) is 6.18. The van der Waals surface area contributed by atoms with Crippen molar-refractivity contribution in [1.29, 1.82) is 0 Å². The summed E-state index contributed by atoms with van der Waals surface area (Å²) < 4.78 is 16.4. The summed E-state index contributed by atoms with van der Waals surface area (Å²) in [6, 6.07) is 3.58. The standard InChI is InChI=1S/C12H26O3Si/c1-5-13-9-10-14-11-12-15-16(6-2,7-3)8-4/h5H,1,6-12H2,2-4H3. The highest BCUT2D eigenvalue weighted by atomic mass is 28.4. The summed E-state index contributed by atoms with van der Waals surface area (Å²) in [6.07, 6.45) is 1.43. The molecule has 0 aliphatic heterocycles. The molecule has 0 heterocycles. The Bertz CT molecular complexity index is 161. The van der Waals surface area contributed by atoms with Gasteiger partial charge in [0.1, 0.15) is 6.61 Å². The highest BCUT2D eigenvalue weighted by Crippen LogP contribution is 2.21. The number of hydrogen-bond donors (Lipinski definition) is 0. The lowest BCUT2D eigenvalue weighted by Gasteiger charge is -2.27. The summed E-state index contributed by atoms with van der Waals surface area (Å²) in [4.78, 5) is 0. The van der Waals surface area contributed by atoms with Crippen molar-refractivity contribution >= 4 is 8.32 Å². The Balaban J connectivity index is 3.51. The van der Waals surface area contributed by atoms with Crippen molar-refractivity contribution < 1.29 is 13.9 Å². The van der Waals surface area contributed by atoms with Crippen molar-refractivity contribution in [3.8, 4) is 0 Å². The van der Waals surface area contributed by atoms with E-state index in [-0.39, 0.29) is 0 Å². The van der Waals surface area contributed by atoms with Crippen LogP contribution in [0.4, 0.5) is 0 Å². The van der Waals surface area contributed by atoms with E-state index in [1.165, 1.54) is 24.4 Å². The molecule has 0 aliphatic carbocycles. The predicted molar refractivity (Wildman–Crippen MR) is 70.1 cm³/mol. The largest absolute Gasteiger partial charge is 0.499 e. The Labute approximate surface area is 101 Å². The van der Waals surface area contributed by atoms with Crippen LogP contribution in [0.2, 0.25) is 18.1 Å². The lowest BCUT2D eigenvalue weighted by atomic mass is 10.7. The predicted octanol–water partition coefficient (Wildman–Crippen LogP) is 3.18. The smallest absolute Gasteiger partial charge is 0.192 e. The molecule has 96 valence electrons. The fourth-order valence-electron chi connectivity index (χ4n) is 1.67. The van der Waals surface area contributed by atoms with Crippen molar-refractivity contribution in [3.05, 3.63) is 12.8 Å². The maximum absolute atomic E-state index is 6.04. The third-order valence-electron chi connectivity index (χ3n) is 3.03. The van der Waals surface area contributed by atoms with E-state index in [9.17, 15) is 0 Å². The molecule has 0 aromatic rings. The van der Waals surface area contributed by atoms with Gasteiger partial charge in [-0.2, -0.15) is 0 Å². The molecular weight excluding hydrogens is 220 g/mol. The summed E-state index contributed by atoms with van der Waals surface area (Å²) in [7, 11) is -1.42. The highest BCUT2D eigenvalue weighted by Gasteiger charge is 2.28. The third-order valence-corrected chi connectivity index (χ3v) is 7.71. The summed E-state index contributed by atoms with van der Waals surface area (Å²) in [5.74, 6) is 0. The molecule has 0 radical (unpaired) electrons. The maximum atomic E-state index is 6.04. The van der Waals surface area contributed by atoms with Crippen LogP contribution >= 0.6 is 0 Å². The molecule has 0 aromatic heterocycles. The molecule has 0 saturated carbocycles. The number of ether oxygens (including phenoxy) is 2. The van der Waals surface area contributed by atoms with Gasteiger partial charge in [-0.1, -0.05) is 27.4 Å². The van der Waals surface area contributed by atoms with Crippen LogP contribution in [0.15, 0.2) is 12.8 Å². The first-order valence-corrected chi connectivity index (χ1v) is 8.71. The quantitative estimate of drug-likeness (QED) is 0.318. The van der Waals surface area contributed by atoms with E-state index >= 15 is 0 Å². The summed E-state index contributed by atoms with van der Waals surface area (Å²) in [5, 5.41) is 0. The van der Waals surface area contributed by atoms with Crippen molar-refractivity contribution in [2.45, 2.75) is 38.9 Å². The summed E-state index contributed by atoms with van der Waals surface area (Å²) >= 11 is 0. The minimum Gasteiger partial charge on any atom is -0.499 e. The molecule has 0 unspecified atom stereocenters. The topological polar surface area (TPSA) is 27.7 Å². The summed E-state index contributed by atoms with van der Waals surface area (Å²) in [5.41, 5.74) is 0. The molecule has 0 fully saturated rings. The van der Waals surface area contributed by atoms with E-state index in [0.29, 0.717) is 19.8 Å².